The Labute approximate surface area is 129 Å². The number of benzene rings is 1. The molecule has 0 saturated carbocycles. The number of aromatic nitrogens is 2. The van der Waals surface area contributed by atoms with Crippen molar-refractivity contribution in [1.82, 2.24) is 15.1 Å². The zero-order valence-corrected chi connectivity index (χ0v) is 13.1. The SMILES string of the molecule is Cc1nn(C)c(C)c1CNC(=O)/C=C/c1ccccc1Cl. The highest BCUT2D eigenvalue weighted by Crippen LogP contribution is 2.16. The van der Waals surface area contributed by atoms with E-state index in [1.807, 2.05) is 43.8 Å². The van der Waals surface area contributed by atoms with Gasteiger partial charge in [0.2, 0.25) is 5.91 Å². The van der Waals surface area contributed by atoms with E-state index in [4.69, 9.17) is 11.6 Å². The van der Waals surface area contributed by atoms with E-state index < -0.39 is 0 Å². The number of nitrogens with one attached hydrogen (secondary N) is 1. The van der Waals surface area contributed by atoms with Crippen molar-refractivity contribution in [2.24, 2.45) is 7.05 Å². The van der Waals surface area contributed by atoms with Crippen LogP contribution in [0.2, 0.25) is 5.02 Å². The molecule has 4 nitrogen and oxygen atoms in total. The standard InChI is InChI=1S/C16H18ClN3O/c1-11-14(12(2)20(3)19-11)10-18-16(21)9-8-13-6-4-5-7-15(13)17/h4-9H,10H2,1-3H3,(H,18,21)/b9-8+. The van der Waals surface area contributed by atoms with Crippen molar-refractivity contribution in [3.8, 4) is 0 Å². The van der Waals surface area contributed by atoms with Gasteiger partial charge in [0.15, 0.2) is 0 Å². The van der Waals surface area contributed by atoms with Gasteiger partial charge in [0.1, 0.15) is 0 Å². The Hall–Kier alpha value is -2.07. The Balaban J connectivity index is 1.98. The Morgan fingerprint density at radius 1 is 1.38 bits per heavy atom. The number of rotatable bonds is 4. The number of nitrogens with zero attached hydrogens (tertiary/aromatic N) is 2. The minimum absolute atomic E-state index is 0.155. The van der Waals surface area contributed by atoms with E-state index in [0.717, 1.165) is 22.5 Å². The summed E-state index contributed by atoms with van der Waals surface area (Å²) in [6.45, 7) is 4.40. The highest BCUT2D eigenvalue weighted by atomic mass is 35.5. The maximum atomic E-state index is 11.9. The molecule has 0 aliphatic rings. The van der Waals surface area contributed by atoms with Crippen LogP contribution in [0.3, 0.4) is 0 Å². The van der Waals surface area contributed by atoms with Gasteiger partial charge in [0.25, 0.3) is 0 Å². The summed E-state index contributed by atoms with van der Waals surface area (Å²) in [5.74, 6) is -0.155. The molecule has 21 heavy (non-hydrogen) atoms. The van der Waals surface area contributed by atoms with Crippen molar-refractivity contribution >= 4 is 23.6 Å². The molecule has 2 rings (SSSR count). The summed E-state index contributed by atoms with van der Waals surface area (Å²) in [4.78, 5) is 11.9. The second kappa shape index (κ2) is 6.59. The number of aryl methyl sites for hydroxylation is 2. The van der Waals surface area contributed by atoms with E-state index in [-0.39, 0.29) is 5.91 Å². The number of carbonyl (C=O) groups is 1. The van der Waals surface area contributed by atoms with Crippen LogP contribution in [0.25, 0.3) is 6.08 Å². The van der Waals surface area contributed by atoms with Gasteiger partial charge in [-0.3, -0.25) is 9.48 Å². The molecule has 0 aliphatic carbocycles. The van der Waals surface area contributed by atoms with Gasteiger partial charge in [0, 0.05) is 35.9 Å². The zero-order valence-electron chi connectivity index (χ0n) is 12.4. The van der Waals surface area contributed by atoms with Crippen LogP contribution >= 0.6 is 11.6 Å². The van der Waals surface area contributed by atoms with Gasteiger partial charge in [0.05, 0.1) is 5.69 Å². The maximum Gasteiger partial charge on any atom is 0.244 e. The molecule has 0 fully saturated rings. The van der Waals surface area contributed by atoms with Gasteiger partial charge < -0.3 is 5.32 Å². The average molecular weight is 304 g/mol. The van der Waals surface area contributed by atoms with Crippen molar-refractivity contribution in [3.05, 3.63) is 57.9 Å². The molecule has 0 aliphatic heterocycles. The fourth-order valence-corrected chi connectivity index (χ4v) is 2.28. The van der Waals surface area contributed by atoms with Gasteiger partial charge in [-0.25, -0.2) is 0 Å². The summed E-state index contributed by atoms with van der Waals surface area (Å²) in [6, 6.07) is 7.39. The third-order valence-electron chi connectivity index (χ3n) is 3.42. The van der Waals surface area contributed by atoms with Crippen molar-refractivity contribution in [3.63, 3.8) is 0 Å². The third kappa shape index (κ3) is 3.73. The molecule has 1 heterocycles. The van der Waals surface area contributed by atoms with Crippen molar-refractivity contribution in [2.75, 3.05) is 0 Å². The van der Waals surface area contributed by atoms with Crippen LogP contribution in [0, 0.1) is 13.8 Å². The summed E-state index contributed by atoms with van der Waals surface area (Å²) in [7, 11) is 1.89. The van der Waals surface area contributed by atoms with Gasteiger partial charge >= 0.3 is 0 Å². The topological polar surface area (TPSA) is 46.9 Å². The molecule has 0 unspecified atom stereocenters. The molecule has 1 N–H and O–H groups in total. The Morgan fingerprint density at radius 2 is 2.10 bits per heavy atom. The largest absolute Gasteiger partial charge is 0.348 e. The first kappa shape index (κ1) is 15.3. The molecular formula is C16H18ClN3O. The van der Waals surface area contributed by atoms with Crippen molar-refractivity contribution in [2.45, 2.75) is 20.4 Å². The summed E-state index contributed by atoms with van der Waals surface area (Å²) in [5, 5.41) is 7.81. The molecule has 1 amide bonds. The van der Waals surface area contributed by atoms with Crippen molar-refractivity contribution in [1.29, 1.82) is 0 Å². The predicted molar refractivity (Wildman–Crippen MR) is 85.0 cm³/mol. The van der Waals surface area contributed by atoms with Gasteiger partial charge in [-0.15, -0.1) is 0 Å². The minimum Gasteiger partial charge on any atom is -0.348 e. The first-order valence-corrected chi connectivity index (χ1v) is 7.06. The van der Waals surface area contributed by atoms with Gasteiger partial charge in [-0.1, -0.05) is 29.8 Å². The monoisotopic (exact) mass is 303 g/mol. The summed E-state index contributed by atoms with van der Waals surface area (Å²) in [5.41, 5.74) is 3.87. The Morgan fingerprint density at radius 3 is 2.71 bits per heavy atom. The third-order valence-corrected chi connectivity index (χ3v) is 3.76. The normalized spacial score (nSPS) is 11.0. The lowest BCUT2D eigenvalue weighted by atomic mass is 10.2. The Bertz CT molecular complexity index is 689. The highest BCUT2D eigenvalue weighted by Gasteiger charge is 2.09. The molecule has 5 heteroatoms. The fourth-order valence-electron chi connectivity index (χ4n) is 2.08. The first-order valence-electron chi connectivity index (χ1n) is 6.68. The van der Waals surface area contributed by atoms with Crippen LogP contribution in [0.1, 0.15) is 22.5 Å². The molecule has 2 aromatic rings. The Kier molecular flexibility index (Phi) is 4.81. The lowest BCUT2D eigenvalue weighted by Crippen LogP contribution is -2.21. The zero-order chi connectivity index (χ0) is 15.4. The van der Waals surface area contributed by atoms with E-state index in [1.165, 1.54) is 6.08 Å². The molecule has 0 radical (unpaired) electrons. The molecular weight excluding hydrogens is 286 g/mol. The smallest absolute Gasteiger partial charge is 0.244 e. The van der Waals surface area contributed by atoms with Crippen molar-refractivity contribution < 1.29 is 4.79 Å². The second-order valence-corrected chi connectivity index (χ2v) is 5.25. The first-order chi connectivity index (χ1) is 9.99. The number of hydrogen-bond acceptors (Lipinski definition) is 2. The maximum absolute atomic E-state index is 11.9. The molecule has 0 saturated heterocycles. The van der Waals surface area contributed by atoms with Crippen LogP contribution < -0.4 is 5.32 Å². The number of halogens is 1. The molecule has 1 aromatic carbocycles. The molecule has 0 bridgehead atoms. The van der Waals surface area contributed by atoms with Gasteiger partial charge in [-0.2, -0.15) is 5.10 Å². The van der Waals surface area contributed by atoms with E-state index in [2.05, 4.69) is 10.4 Å². The molecule has 0 spiro atoms. The number of amides is 1. The lowest BCUT2D eigenvalue weighted by Gasteiger charge is -2.03. The predicted octanol–water partition coefficient (Wildman–Crippen LogP) is 3.02. The summed E-state index contributed by atoms with van der Waals surface area (Å²) >= 11 is 6.03. The highest BCUT2D eigenvalue weighted by molar-refractivity contribution is 6.32. The summed E-state index contributed by atoms with van der Waals surface area (Å²) in [6.07, 6.45) is 3.20. The lowest BCUT2D eigenvalue weighted by molar-refractivity contribution is -0.116. The average Bonchev–Trinajstić information content (AvgIpc) is 2.69. The minimum atomic E-state index is -0.155. The van der Waals surface area contributed by atoms with Crippen LogP contribution in [-0.4, -0.2) is 15.7 Å². The van der Waals surface area contributed by atoms with Crippen LogP contribution in [0.15, 0.2) is 30.3 Å². The number of hydrogen-bond donors (Lipinski definition) is 1. The van der Waals surface area contributed by atoms with Crippen LogP contribution in [0.5, 0.6) is 0 Å². The molecule has 110 valence electrons. The quantitative estimate of drug-likeness (QED) is 0.883. The van der Waals surface area contributed by atoms with Crippen LogP contribution in [-0.2, 0) is 18.4 Å². The fraction of sp³-hybridized carbons (Fsp3) is 0.250. The van der Waals surface area contributed by atoms with E-state index in [9.17, 15) is 4.79 Å². The second-order valence-electron chi connectivity index (χ2n) is 4.85. The summed E-state index contributed by atoms with van der Waals surface area (Å²) < 4.78 is 1.82. The molecule has 1 aromatic heterocycles. The van der Waals surface area contributed by atoms with Crippen LogP contribution in [0.4, 0.5) is 0 Å². The van der Waals surface area contributed by atoms with E-state index in [1.54, 1.807) is 12.1 Å². The van der Waals surface area contributed by atoms with E-state index in [0.29, 0.717) is 11.6 Å². The van der Waals surface area contributed by atoms with Gasteiger partial charge in [-0.05, 0) is 31.6 Å². The number of carbonyl (C=O) groups excluding carboxylic acids is 1. The molecule has 0 atom stereocenters. The van der Waals surface area contributed by atoms with E-state index >= 15 is 0 Å².